The van der Waals surface area contributed by atoms with E-state index in [4.69, 9.17) is 0 Å². The number of carbonyl (C=O) groups excluding carboxylic acids is 1. The molecule has 0 aliphatic rings. The fourth-order valence-electron chi connectivity index (χ4n) is 2.83. The number of anilines is 1. The van der Waals surface area contributed by atoms with Gasteiger partial charge in [0.1, 0.15) is 11.5 Å². The van der Waals surface area contributed by atoms with E-state index in [1.807, 2.05) is 6.92 Å². The lowest BCUT2D eigenvalue weighted by atomic mass is 10.1. The molecule has 1 amide bonds. The normalized spacial score (nSPS) is 11.9. The van der Waals surface area contributed by atoms with E-state index < -0.39 is 17.5 Å². The highest BCUT2D eigenvalue weighted by molar-refractivity contribution is 9.10. The molecule has 1 aromatic carbocycles. The predicted molar refractivity (Wildman–Crippen MR) is 106 cm³/mol. The van der Waals surface area contributed by atoms with Crippen LogP contribution in [0.5, 0.6) is 0 Å². The molecule has 3 rings (SSSR count). The molecule has 2 aromatic heterocycles. The highest BCUT2D eigenvalue weighted by Crippen LogP contribution is 2.22. The van der Waals surface area contributed by atoms with E-state index in [-0.39, 0.29) is 17.3 Å². The summed E-state index contributed by atoms with van der Waals surface area (Å²) in [5, 5.41) is 10.8. The SMILES string of the molecule is CCN(C(=O)c1cc(F)cc(F)c1-n1nccn1)C(C)CNc1ncc(Br)cn1. The van der Waals surface area contributed by atoms with Gasteiger partial charge in [0, 0.05) is 37.6 Å². The molecule has 0 aliphatic carbocycles. The lowest BCUT2D eigenvalue weighted by molar-refractivity contribution is 0.0710. The third kappa shape index (κ3) is 4.73. The molecule has 8 nitrogen and oxygen atoms in total. The number of hydrogen-bond donors (Lipinski definition) is 1. The topological polar surface area (TPSA) is 88.8 Å². The molecule has 0 saturated heterocycles. The van der Waals surface area contributed by atoms with Gasteiger partial charge in [-0.2, -0.15) is 10.2 Å². The Kier molecular flexibility index (Phi) is 6.47. The van der Waals surface area contributed by atoms with Crippen LogP contribution in [0.15, 0.2) is 41.4 Å². The molecule has 152 valence electrons. The smallest absolute Gasteiger partial charge is 0.256 e. The van der Waals surface area contributed by atoms with Crippen molar-refractivity contribution in [2.45, 2.75) is 19.9 Å². The maximum absolute atomic E-state index is 14.5. The zero-order valence-electron chi connectivity index (χ0n) is 15.7. The van der Waals surface area contributed by atoms with Crippen LogP contribution in [0.4, 0.5) is 14.7 Å². The number of amides is 1. The van der Waals surface area contributed by atoms with Gasteiger partial charge in [0.05, 0.1) is 22.4 Å². The first kappa shape index (κ1) is 20.8. The molecule has 3 aromatic rings. The van der Waals surface area contributed by atoms with Crippen molar-refractivity contribution in [1.29, 1.82) is 0 Å². The van der Waals surface area contributed by atoms with Gasteiger partial charge in [-0.05, 0) is 35.8 Å². The molecule has 1 N–H and O–H groups in total. The maximum atomic E-state index is 14.5. The van der Waals surface area contributed by atoms with Gasteiger partial charge < -0.3 is 10.2 Å². The number of aromatic nitrogens is 5. The van der Waals surface area contributed by atoms with Crippen LogP contribution in [0.2, 0.25) is 0 Å². The van der Waals surface area contributed by atoms with Crippen molar-refractivity contribution in [1.82, 2.24) is 29.9 Å². The monoisotopic (exact) mass is 465 g/mol. The summed E-state index contributed by atoms with van der Waals surface area (Å²) in [7, 11) is 0. The fourth-order valence-corrected chi connectivity index (χ4v) is 3.03. The third-order valence-corrected chi connectivity index (χ3v) is 4.60. The Labute approximate surface area is 174 Å². The second-order valence-electron chi connectivity index (χ2n) is 6.15. The minimum absolute atomic E-state index is 0.160. The number of likely N-dealkylation sites (N-methyl/N-ethyl adjacent to an activating group) is 1. The Morgan fingerprint density at radius 3 is 2.52 bits per heavy atom. The summed E-state index contributed by atoms with van der Waals surface area (Å²) in [6.45, 7) is 4.27. The van der Waals surface area contributed by atoms with E-state index in [0.717, 1.165) is 15.3 Å². The molecule has 2 heterocycles. The van der Waals surface area contributed by atoms with Crippen LogP contribution in [0.3, 0.4) is 0 Å². The van der Waals surface area contributed by atoms with Crippen LogP contribution in [-0.4, -0.2) is 54.9 Å². The Hall–Kier alpha value is -2.95. The molecular formula is C18H18BrF2N7O. The van der Waals surface area contributed by atoms with Gasteiger partial charge in [-0.25, -0.2) is 18.7 Å². The van der Waals surface area contributed by atoms with Crippen molar-refractivity contribution in [2.75, 3.05) is 18.4 Å². The zero-order valence-corrected chi connectivity index (χ0v) is 17.3. The summed E-state index contributed by atoms with van der Waals surface area (Å²) in [5.41, 5.74) is -0.358. The summed E-state index contributed by atoms with van der Waals surface area (Å²) in [4.78, 5) is 23.8. The van der Waals surface area contributed by atoms with Crippen LogP contribution in [0.25, 0.3) is 5.69 Å². The van der Waals surface area contributed by atoms with Crippen LogP contribution in [0, 0.1) is 11.6 Å². The first-order chi connectivity index (χ1) is 13.9. The van der Waals surface area contributed by atoms with E-state index in [0.29, 0.717) is 25.1 Å². The van der Waals surface area contributed by atoms with Gasteiger partial charge in [-0.1, -0.05) is 0 Å². The highest BCUT2D eigenvalue weighted by atomic mass is 79.9. The summed E-state index contributed by atoms with van der Waals surface area (Å²) in [5.74, 6) is -1.91. The second-order valence-corrected chi connectivity index (χ2v) is 7.06. The van der Waals surface area contributed by atoms with Gasteiger partial charge in [0.2, 0.25) is 5.95 Å². The van der Waals surface area contributed by atoms with Gasteiger partial charge in [0.15, 0.2) is 5.82 Å². The number of rotatable bonds is 7. The number of nitrogens with zero attached hydrogens (tertiary/aromatic N) is 6. The lowest BCUT2D eigenvalue weighted by Gasteiger charge is -2.29. The molecule has 0 spiro atoms. The van der Waals surface area contributed by atoms with E-state index >= 15 is 0 Å². The zero-order chi connectivity index (χ0) is 21.0. The molecule has 0 radical (unpaired) electrons. The summed E-state index contributed by atoms with van der Waals surface area (Å²) >= 11 is 3.26. The van der Waals surface area contributed by atoms with Gasteiger partial charge in [-0.3, -0.25) is 4.79 Å². The summed E-state index contributed by atoms with van der Waals surface area (Å²) < 4.78 is 29.1. The Morgan fingerprint density at radius 1 is 1.24 bits per heavy atom. The van der Waals surface area contributed by atoms with Crippen molar-refractivity contribution in [3.63, 3.8) is 0 Å². The number of benzene rings is 1. The van der Waals surface area contributed by atoms with Crippen molar-refractivity contribution in [2.24, 2.45) is 0 Å². The number of carbonyl (C=O) groups is 1. The fraction of sp³-hybridized carbons (Fsp3) is 0.278. The molecule has 0 aliphatic heterocycles. The predicted octanol–water partition coefficient (Wildman–Crippen LogP) is 3.06. The van der Waals surface area contributed by atoms with Crippen molar-refractivity contribution in [3.05, 3.63) is 58.6 Å². The minimum Gasteiger partial charge on any atom is -0.352 e. The number of halogens is 3. The highest BCUT2D eigenvalue weighted by Gasteiger charge is 2.26. The summed E-state index contributed by atoms with van der Waals surface area (Å²) in [6.07, 6.45) is 5.89. The molecule has 1 unspecified atom stereocenters. The molecule has 11 heteroatoms. The van der Waals surface area contributed by atoms with Gasteiger partial charge in [0.25, 0.3) is 5.91 Å². The van der Waals surface area contributed by atoms with E-state index in [2.05, 4.69) is 41.4 Å². The average molecular weight is 466 g/mol. The lowest BCUT2D eigenvalue weighted by Crippen LogP contribution is -2.42. The molecular weight excluding hydrogens is 448 g/mol. The van der Waals surface area contributed by atoms with Crippen LogP contribution >= 0.6 is 15.9 Å². The Morgan fingerprint density at radius 2 is 1.90 bits per heavy atom. The van der Waals surface area contributed by atoms with Crippen molar-refractivity contribution in [3.8, 4) is 5.69 Å². The van der Waals surface area contributed by atoms with Crippen LogP contribution < -0.4 is 5.32 Å². The molecule has 29 heavy (non-hydrogen) atoms. The maximum Gasteiger partial charge on any atom is 0.256 e. The minimum atomic E-state index is -0.922. The van der Waals surface area contributed by atoms with Gasteiger partial charge >= 0.3 is 0 Å². The van der Waals surface area contributed by atoms with Crippen LogP contribution in [-0.2, 0) is 0 Å². The summed E-state index contributed by atoms with van der Waals surface area (Å²) in [6, 6.07) is 1.37. The average Bonchev–Trinajstić information content (AvgIpc) is 3.21. The Balaban J connectivity index is 1.84. The van der Waals surface area contributed by atoms with Crippen molar-refractivity contribution < 1.29 is 13.6 Å². The molecule has 1 atom stereocenters. The first-order valence-corrected chi connectivity index (χ1v) is 9.58. The van der Waals surface area contributed by atoms with Gasteiger partial charge in [-0.15, -0.1) is 4.80 Å². The number of hydrogen-bond acceptors (Lipinski definition) is 6. The van der Waals surface area contributed by atoms with Crippen LogP contribution in [0.1, 0.15) is 24.2 Å². The van der Waals surface area contributed by atoms with E-state index in [1.165, 1.54) is 17.3 Å². The Bertz CT molecular complexity index is 983. The molecule has 0 saturated carbocycles. The van der Waals surface area contributed by atoms with E-state index in [9.17, 15) is 13.6 Å². The largest absolute Gasteiger partial charge is 0.352 e. The third-order valence-electron chi connectivity index (χ3n) is 4.19. The second kappa shape index (κ2) is 9.03. The molecule has 0 bridgehead atoms. The quantitative estimate of drug-likeness (QED) is 0.576. The standard InChI is InChI=1S/C18H18BrF2N7O/c1-3-27(11(2)8-22-18-23-9-12(19)10-24-18)17(29)14-6-13(20)7-15(21)16(14)28-25-4-5-26-28/h4-7,9-11H,3,8H2,1-2H3,(H,22,23,24). The molecule has 0 fully saturated rings. The van der Waals surface area contributed by atoms with Crippen molar-refractivity contribution >= 4 is 27.8 Å². The first-order valence-electron chi connectivity index (χ1n) is 8.78. The van der Waals surface area contributed by atoms with E-state index in [1.54, 1.807) is 19.3 Å². The number of nitrogens with one attached hydrogen (secondary N) is 1.